The molecule has 30 heavy (non-hydrogen) atoms. The van der Waals surface area contributed by atoms with Gasteiger partial charge in [0.15, 0.2) is 0 Å². The molecule has 3 heterocycles. The molecule has 0 atom stereocenters. The lowest BCUT2D eigenvalue weighted by Gasteiger charge is -2.23. The third-order valence-electron chi connectivity index (χ3n) is 4.73. The van der Waals surface area contributed by atoms with E-state index in [1.807, 2.05) is 0 Å². The number of nitrogens with zero attached hydrogens (tertiary/aromatic N) is 3. The zero-order chi connectivity index (χ0) is 21.3. The normalized spacial score (nSPS) is 15.3. The molecule has 154 valence electrons. The molecule has 1 aromatic carbocycles. The number of benzene rings is 1. The first kappa shape index (κ1) is 20.2. The van der Waals surface area contributed by atoms with Crippen LogP contribution in [0.2, 0.25) is 5.02 Å². The molecule has 0 bridgehead atoms. The molecular formula is C21H16ClF3N4O. The Morgan fingerprint density at radius 2 is 2.00 bits per heavy atom. The molecule has 1 aliphatic heterocycles. The molecule has 2 amide bonds. The number of carbonyl (C=O) groups excluding carboxylic acids is 1. The van der Waals surface area contributed by atoms with Gasteiger partial charge >= 0.3 is 6.03 Å². The number of nitrogens with one attached hydrogen (secondary N) is 1. The van der Waals surface area contributed by atoms with Crippen molar-refractivity contribution in [3.63, 3.8) is 0 Å². The molecule has 0 saturated carbocycles. The van der Waals surface area contributed by atoms with Gasteiger partial charge in [0.1, 0.15) is 17.5 Å². The minimum Gasteiger partial charge on any atom is -0.292 e. The summed E-state index contributed by atoms with van der Waals surface area (Å²) in [6.45, 7) is 0.0433. The Morgan fingerprint density at radius 3 is 2.73 bits per heavy atom. The molecule has 1 aliphatic rings. The van der Waals surface area contributed by atoms with Crippen molar-refractivity contribution in [3.8, 4) is 11.3 Å². The van der Waals surface area contributed by atoms with Gasteiger partial charge in [-0.1, -0.05) is 23.7 Å². The molecule has 0 saturated heterocycles. The Labute approximate surface area is 175 Å². The Bertz CT molecular complexity index is 1090. The van der Waals surface area contributed by atoms with Crippen molar-refractivity contribution in [2.24, 2.45) is 0 Å². The Morgan fingerprint density at radius 1 is 1.17 bits per heavy atom. The monoisotopic (exact) mass is 432 g/mol. The SMILES string of the molecule is O=C(Nc1ccc(F)cn1)N1CCCC(F)(F)c2ccc(-c3cccc(Cl)c3)nc21. The van der Waals surface area contributed by atoms with Crippen LogP contribution in [0.3, 0.4) is 0 Å². The highest BCUT2D eigenvalue weighted by Gasteiger charge is 2.40. The summed E-state index contributed by atoms with van der Waals surface area (Å²) in [6.07, 6.45) is 0.631. The highest BCUT2D eigenvalue weighted by molar-refractivity contribution is 6.30. The summed E-state index contributed by atoms with van der Waals surface area (Å²) in [5.41, 5.74) is 0.720. The summed E-state index contributed by atoms with van der Waals surface area (Å²) >= 11 is 6.03. The number of carbonyl (C=O) groups is 1. The van der Waals surface area contributed by atoms with E-state index in [4.69, 9.17) is 11.6 Å². The first-order chi connectivity index (χ1) is 14.3. The van der Waals surface area contributed by atoms with Crippen LogP contribution >= 0.6 is 11.6 Å². The Balaban J connectivity index is 1.74. The minimum atomic E-state index is -3.13. The van der Waals surface area contributed by atoms with Crippen molar-refractivity contribution >= 4 is 29.3 Å². The zero-order valence-corrected chi connectivity index (χ0v) is 16.3. The Kier molecular flexibility index (Phi) is 5.34. The first-order valence-corrected chi connectivity index (χ1v) is 9.57. The second-order valence-corrected chi connectivity index (χ2v) is 7.27. The molecule has 3 aromatic rings. The number of urea groups is 1. The maximum Gasteiger partial charge on any atom is 0.328 e. The van der Waals surface area contributed by atoms with Crippen LogP contribution in [0.1, 0.15) is 18.4 Å². The van der Waals surface area contributed by atoms with Crippen LogP contribution in [0.15, 0.2) is 54.7 Å². The third kappa shape index (κ3) is 4.09. The van der Waals surface area contributed by atoms with Gasteiger partial charge in [0.05, 0.1) is 17.5 Å². The Hall–Kier alpha value is -3.13. The lowest BCUT2D eigenvalue weighted by molar-refractivity contribution is -0.0122. The van der Waals surface area contributed by atoms with E-state index in [1.54, 1.807) is 24.3 Å². The maximum atomic E-state index is 14.7. The van der Waals surface area contributed by atoms with Gasteiger partial charge in [-0.15, -0.1) is 0 Å². The van der Waals surface area contributed by atoms with Crippen LogP contribution in [0.25, 0.3) is 11.3 Å². The van der Waals surface area contributed by atoms with E-state index in [9.17, 15) is 18.0 Å². The van der Waals surface area contributed by atoms with E-state index in [-0.39, 0.29) is 30.2 Å². The van der Waals surface area contributed by atoms with Crippen LogP contribution < -0.4 is 10.2 Å². The minimum absolute atomic E-state index is 0.0433. The average Bonchev–Trinajstić information content (AvgIpc) is 2.85. The summed E-state index contributed by atoms with van der Waals surface area (Å²) in [5, 5.41) is 2.98. The van der Waals surface area contributed by atoms with E-state index < -0.39 is 24.2 Å². The van der Waals surface area contributed by atoms with Crippen LogP contribution in [-0.4, -0.2) is 22.5 Å². The topological polar surface area (TPSA) is 58.1 Å². The molecule has 0 spiro atoms. The maximum absolute atomic E-state index is 14.7. The molecule has 9 heteroatoms. The van der Waals surface area contributed by atoms with Crippen molar-refractivity contribution in [2.75, 3.05) is 16.8 Å². The number of anilines is 2. The van der Waals surface area contributed by atoms with Crippen molar-refractivity contribution in [1.29, 1.82) is 0 Å². The smallest absolute Gasteiger partial charge is 0.292 e. The lowest BCUT2D eigenvalue weighted by atomic mass is 10.0. The molecule has 0 fully saturated rings. The number of fused-ring (bicyclic) bond motifs is 1. The van der Waals surface area contributed by atoms with Crippen molar-refractivity contribution < 1.29 is 18.0 Å². The molecule has 5 nitrogen and oxygen atoms in total. The highest BCUT2D eigenvalue weighted by atomic mass is 35.5. The van der Waals surface area contributed by atoms with Gasteiger partial charge in [0, 0.05) is 23.6 Å². The summed E-state index contributed by atoms with van der Waals surface area (Å²) in [7, 11) is 0. The van der Waals surface area contributed by atoms with Gasteiger partial charge in [-0.25, -0.2) is 27.9 Å². The number of hydrogen-bond donors (Lipinski definition) is 1. The van der Waals surface area contributed by atoms with E-state index in [0.717, 1.165) is 17.2 Å². The van der Waals surface area contributed by atoms with Gasteiger partial charge in [0.2, 0.25) is 0 Å². The fraction of sp³-hybridized carbons (Fsp3) is 0.190. The highest BCUT2D eigenvalue weighted by Crippen LogP contribution is 2.42. The van der Waals surface area contributed by atoms with Gasteiger partial charge in [-0.05, 0) is 42.8 Å². The number of rotatable bonds is 2. The number of halogens is 4. The number of hydrogen-bond acceptors (Lipinski definition) is 3. The van der Waals surface area contributed by atoms with Crippen LogP contribution in [0.5, 0.6) is 0 Å². The number of amides is 2. The summed E-state index contributed by atoms with van der Waals surface area (Å²) in [5.74, 6) is -3.71. The van der Waals surface area contributed by atoms with E-state index in [2.05, 4.69) is 15.3 Å². The largest absolute Gasteiger partial charge is 0.328 e. The zero-order valence-electron chi connectivity index (χ0n) is 15.6. The summed E-state index contributed by atoms with van der Waals surface area (Å²) < 4.78 is 42.4. The van der Waals surface area contributed by atoms with E-state index >= 15 is 0 Å². The van der Waals surface area contributed by atoms with Crippen LogP contribution in [-0.2, 0) is 5.92 Å². The van der Waals surface area contributed by atoms with E-state index in [0.29, 0.717) is 16.3 Å². The quantitative estimate of drug-likeness (QED) is 0.551. The number of alkyl halides is 2. The van der Waals surface area contributed by atoms with Gasteiger partial charge in [0.25, 0.3) is 5.92 Å². The van der Waals surface area contributed by atoms with Crippen molar-refractivity contribution in [2.45, 2.75) is 18.8 Å². The van der Waals surface area contributed by atoms with Gasteiger partial charge in [-0.3, -0.25) is 10.2 Å². The molecular weight excluding hydrogens is 417 g/mol. The first-order valence-electron chi connectivity index (χ1n) is 9.19. The summed E-state index contributed by atoms with van der Waals surface area (Å²) in [4.78, 5) is 22.2. The standard InChI is InChI=1S/C21H16ClF3N4O/c22-14-4-1-3-13(11-14)17-7-6-16-19(27-17)29(10-2-9-21(16,24)25)20(30)28-18-8-5-15(23)12-26-18/h1,3-8,11-12H,2,9-10H2,(H,26,28,30). The predicted octanol–water partition coefficient (Wildman–Crippen LogP) is 5.86. The molecule has 0 unspecified atom stereocenters. The van der Waals surface area contributed by atoms with Crippen molar-refractivity contribution in [3.05, 3.63) is 71.1 Å². The fourth-order valence-corrected chi connectivity index (χ4v) is 3.46. The second kappa shape index (κ2) is 7.95. The average molecular weight is 433 g/mol. The van der Waals surface area contributed by atoms with E-state index in [1.165, 1.54) is 18.2 Å². The predicted molar refractivity (Wildman–Crippen MR) is 108 cm³/mol. The molecule has 4 rings (SSSR count). The molecule has 0 aliphatic carbocycles. The van der Waals surface area contributed by atoms with Crippen LogP contribution in [0.4, 0.5) is 29.6 Å². The third-order valence-corrected chi connectivity index (χ3v) is 4.96. The summed E-state index contributed by atoms with van der Waals surface area (Å²) in [6, 6.07) is 11.4. The van der Waals surface area contributed by atoms with Gasteiger partial charge in [-0.2, -0.15) is 0 Å². The molecule has 0 radical (unpaired) electrons. The molecule has 2 aromatic heterocycles. The van der Waals surface area contributed by atoms with Gasteiger partial charge < -0.3 is 0 Å². The lowest BCUT2D eigenvalue weighted by Crippen LogP contribution is -2.36. The second-order valence-electron chi connectivity index (χ2n) is 6.83. The number of aromatic nitrogens is 2. The fourth-order valence-electron chi connectivity index (χ4n) is 3.27. The van der Waals surface area contributed by atoms with Crippen molar-refractivity contribution in [1.82, 2.24) is 9.97 Å². The molecule has 1 N–H and O–H groups in total. The number of pyridine rings is 2. The van der Waals surface area contributed by atoms with Crippen LogP contribution in [0, 0.1) is 5.82 Å².